The van der Waals surface area contributed by atoms with Crippen LogP contribution in [0.15, 0.2) is 0 Å². The number of nitrogens with zero attached hydrogens (tertiary/aromatic N) is 1. The van der Waals surface area contributed by atoms with Gasteiger partial charge in [0.25, 0.3) is 0 Å². The van der Waals surface area contributed by atoms with E-state index in [1.807, 2.05) is 0 Å². The molecule has 0 aromatic rings. The van der Waals surface area contributed by atoms with Gasteiger partial charge in [-0.05, 0) is 19.3 Å². The molecule has 0 fully saturated rings. The van der Waals surface area contributed by atoms with Gasteiger partial charge >= 0.3 is 0 Å². The summed E-state index contributed by atoms with van der Waals surface area (Å²) in [4.78, 5) is 0. The predicted molar refractivity (Wildman–Crippen MR) is 97.7 cm³/mol. The Morgan fingerprint density at radius 2 is 1.30 bits per heavy atom. The number of hydrogen-bond acceptors (Lipinski definition) is 3. The number of unbranched alkanes of at least 4 members (excludes halogenated alkanes) is 12. The Morgan fingerprint density at radius 1 is 0.783 bits per heavy atom. The van der Waals surface area contributed by atoms with Crippen LogP contribution in [0.25, 0.3) is 0 Å². The fraction of sp³-hybridized carbons (Fsp3) is 0.944. The average molecular weight is 345 g/mol. The van der Waals surface area contributed by atoms with Gasteiger partial charge in [-0.3, -0.25) is 0 Å². The fourth-order valence-corrected chi connectivity index (χ4v) is 3.77. The molecule has 0 heterocycles. The van der Waals surface area contributed by atoms with Crippen molar-refractivity contribution in [2.24, 2.45) is 0 Å². The van der Waals surface area contributed by atoms with Crippen molar-refractivity contribution < 1.29 is 8.42 Å². The third-order valence-electron chi connectivity index (χ3n) is 4.05. The number of rotatable bonds is 17. The molecule has 0 aliphatic heterocycles. The molecule has 0 saturated heterocycles. The quantitative estimate of drug-likeness (QED) is 0.381. The van der Waals surface area contributed by atoms with Crippen molar-refractivity contribution in [3.8, 4) is 6.07 Å². The van der Waals surface area contributed by atoms with Crippen LogP contribution >= 0.6 is 0 Å². The van der Waals surface area contributed by atoms with Crippen LogP contribution in [0.1, 0.15) is 96.8 Å². The first-order chi connectivity index (χ1) is 11.1. The summed E-state index contributed by atoms with van der Waals surface area (Å²) in [5.41, 5.74) is 0. The first-order valence-electron chi connectivity index (χ1n) is 9.46. The molecule has 0 amide bonds. The third kappa shape index (κ3) is 17.6. The molecule has 0 atom stereocenters. The Labute approximate surface area is 144 Å². The minimum atomic E-state index is -3.06. The maximum Gasteiger partial charge on any atom is 0.211 e. The van der Waals surface area contributed by atoms with Crippen LogP contribution in [-0.2, 0) is 10.0 Å². The third-order valence-corrected chi connectivity index (χ3v) is 5.52. The average Bonchev–Trinajstić information content (AvgIpc) is 2.52. The normalized spacial score (nSPS) is 11.5. The zero-order valence-corrected chi connectivity index (χ0v) is 15.8. The second-order valence-corrected chi connectivity index (χ2v) is 8.29. The van der Waals surface area contributed by atoms with Gasteiger partial charge in [0, 0.05) is 13.0 Å². The Kier molecular flexibility index (Phi) is 15.8. The fourth-order valence-electron chi connectivity index (χ4n) is 2.59. The summed E-state index contributed by atoms with van der Waals surface area (Å²) in [7, 11) is -3.06. The monoisotopic (exact) mass is 344 g/mol. The Balaban J connectivity index is 3.34. The van der Waals surface area contributed by atoms with E-state index >= 15 is 0 Å². The van der Waals surface area contributed by atoms with Crippen molar-refractivity contribution >= 4 is 10.0 Å². The molecule has 0 bridgehead atoms. The molecule has 0 saturated carbocycles. The number of sulfonamides is 1. The van der Waals surface area contributed by atoms with E-state index in [1.54, 1.807) is 0 Å². The van der Waals surface area contributed by atoms with Crippen LogP contribution in [-0.4, -0.2) is 20.7 Å². The minimum Gasteiger partial charge on any atom is -0.215 e. The van der Waals surface area contributed by atoms with Crippen molar-refractivity contribution in [2.75, 3.05) is 12.3 Å². The highest BCUT2D eigenvalue weighted by Crippen LogP contribution is 2.09. The van der Waals surface area contributed by atoms with E-state index in [0.717, 1.165) is 44.9 Å². The molecule has 1 N–H and O–H groups in total. The topological polar surface area (TPSA) is 70.0 Å². The molecule has 0 aromatic carbocycles. The van der Waals surface area contributed by atoms with Crippen LogP contribution in [0.4, 0.5) is 0 Å². The largest absolute Gasteiger partial charge is 0.215 e. The molecule has 136 valence electrons. The van der Waals surface area contributed by atoms with Crippen LogP contribution in [0.3, 0.4) is 0 Å². The van der Waals surface area contributed by atoms with E-state index in [1.165, 1.54) is 38.5 Å². The highest BCUT2D eigenvalue weighted by atomic mass is 32.2. The Hall–Kier alpha value is -0.600. The molecule has 0 aliphatic rings. The molecule has 0 aliphatic carbocycles. The maximum atomic E-state index is 11.8. The molecular formula is C18H36N2O2S. The molecule has 4 nitrogen and oxygen atoms in total. The summed E-state index contributed by atoms with van der Waals surface area (Å²) in [6.45, 7) is 2.74. The first-order valence-corrected chi connectivity index (χ1v) is 11.1. The van der Waals surface area contributed by atoms with Gasteiger partial charge in [-0.2, -0.15) is 5.26 Å². The SMILES string of the molecule is CCCCCCCS(=O)(=O)NCCCCCCCCCCC#N. The summed E-state index contributed by atoms with van der Waals surface area (Å²) in [5, 5.41) is 8.43. The summed E-state index contributed by atoms with van der Waals surface area (Å²) in [6.07, 6.45) is 15.1. The minimum absolute atomic E-state index is 0.277. The smallest absolute Gasteiger partial charge is 0.211 e. The molecule has 0 spiro atoms. The van der Waals surface area contributed by atoms with Crippen molar-refractivity contribution in [1.82, 2.24) is 4.72 Å². The van der Waals surface area contributed by atoms with Crippen LogP contribution in [0.2, 0.25) is 0 Å². The Bertz CT molecular complexity index is 388. The molecule has 5 heteroatoms. The van der Waals surface area contributed by atoms with Gasteiger partial charge in [-0.1, -0.05) is 71.1 Å². The highest BCUT2D eigenvalue weighted by molar-refractivity contribution is 7.89. The van der Waals surface area contributed by atoms with Gasteiger partial charge in [0.2, 0.25) is 10.0 Å². The lowest BCUT2D eigenvalue weighted by atomic mass is 10.1. The van der Waals surface area contributed by atoms with E-state index in [2.05, 4.69) is 17.7 Å². The van der Waals surface area contributed by atoms with Crippen molar-refractivity contribution in [3.63, 3.8) is 0 Å². The molecular weight excluding hydrogens is 308 g/mol. The lowest BCUT2D eigenvalue weighted by molar-refractivity contribution is 0.553. The Morgan fingerprint density at radius 3 is 1.91 bits per heavy atom. The summed E-state index contributed by atoms with van der Waals surface area (Å²) < 4.78 is 26.3. The standard InChI is InChI=1S/C18H36N2O2S/c1-2-3-4-12-15-18-23(21,22)20-17-14-11-9-7-5-6-8-10-13-16-19/h20H,2-15,17-18H2,1H3. The van der Waals surface area contributed by atoms with Crippen LogP contribution < -0.4 is 4.72 Å². The van der Waals surface area contributed by atoms with Gasteiger partial charge in [-0.25, -0.2) is 13.1 Å². The lowest BCUT2D eigenvalue weighted by Gasteiger charge is -2.06. The van der Waals surface area contributed by atoms with E-state index < -0.39 is 10.0 Å². The summed E-state index contributed by atoms with van der Waals surface area (Å²) >= 11 is 0. The van der Waals surface area contributed by atoms with Crippen molar-refractivity contribution in [1.29, 1.82) is 5.26 Å². The zero-order valence-electron chi connectivity index (χ0n) is 15.0. The molecule has 0 unspecified atom stereocenters. The van der Waals surface area contributed by atoms with Gasteiger partial charge in [-0.15, -0.1) is 0 Å². The molecule has 0 rings (SSSR count). The molecule has 0 aromatic heterocycles. The van der Waals surface area contributed by atoms with Gasteiger partial charge in [0.05, 0.1) is 11.8 Å². The van der Waals surface area contributed by atoms with Gasteiger partial charge in [0.15, 0.2) is 0 Å². The lowest BCUT2D eigenvalue weighted by Crippen LogP contribution is -2.27. The molecule has 0 radical (unpaired) electrons. The number of nitriles is 1. The van der Waals surface area contributed by atoms with E-state index in [0.29, 0.717) is 13.0 Å². The van der Waals surface area contributed by atoms with E-state index in [4.69, 9.17) is 5.26 Å². The van der Waals surface area contributed by atoms with Crippen molar-refractivity contribution in [2.45, 2.75) is 96.8 Å². The van der Waals surface area contributed by atoms with Gasteiger partial charge < -0.3 is 0 Å². The summed E-state index contributed by atoms with van der Waals surface area (Å²) in [5.74, 6) is 0.277. The van der Waals surface area contributed by atoms with Crippen LogP contribution in [0.5, 0.6) is 0 Å². The number of hydrogen-bond donors (Lipinski definition) is 1. The van der Waals surface area contributed by atoms with Gasteiger partial charge in [0.1, 0.15) is 0 Å². The van der Waals surface area contributed by atoms with E-state index in [9.17, 15) is 8.42 Å². The second-order valence-electron chi connectivity index (χ2n) is 6.36. The van der Waals surface area contributed by atoms with Crippen molar-refractivity contribution in [3.05, 3.63) is 0 Å². The predicted octanol–water partition coefficient (Wildman–Crippen LogP) is 4.91. The first kappa shape index (κ1) is 22.4. The number of nitrogens with one attached hydrogen (secondary N) is 1. The second kappa shape index (κ2) is 16.3. The molecule has 23 heavy (non-hydrogen) atoms. The van der Waals surface area contributed by atoms with Crippen LogP contribution in [0, 0.1) is 11.3 Å². The maximum absolute atomic E-state index is 11.8. The highest BCUT2D eigenvalue weighted by Gasteiger charge is 2.08. The zero-order chi connectivity index (χ0) is 17.2. The van der Waals surface area contributed by atoms with E-state index in [-0.39, 0.29) is 5.75 Å². The summed E-state index contributed by atoms with van der Waals surface area (Å²) in [6, 6.07) is 2.17.